The lowest BCUT2D eigenvalue weighted by Crippen LogP contribution is -2.24. The summed E-state index contributed by atoms with van der Waals surface area (Å²) in [6, 6.07) is 5.05. The van der Waals surface area contributed by atoms with Gasteiger partial charge >= 0.3 is 0 Å². The van der Waals surface area contributed by atoms with Crippen LogP contribution in [0.25, 0.3) is 0 Å². The Kier molecular flexibility index (Phi) is 4.88. The third-order valence-electron chi connectivity index (χ3n) is 2.27. The number of hydrogen-bond donors (Lipinski definition) is 1. The molecule has 0 fully saturated rings. The van der Waals surface area contributed by atoms with Crippen molar-refractivity contribution in [2.24, 2.45) is 0 Å². The Morgan fingerprint density at radius 3 is 2.67 bits per heavy atom. The first-order valence-electron chi connectivity index (χ1n) is 5.73. The standard InChI is InChI=1S/C12H10FN3O4S/c13-8-3-1-7(2-4-8)11(19)14-5-9-15-16-12(20-9)21-6-10(17)18/h1-4H,5-6H2,(H,14,19)(H,17,18)/p-1. The van der Waals surface area contributed by atoms with Gasteiger partial charge in [-0.25, -0.2) is 4.39 Å². The molecule has 2 aromatic rings. The summed E-state index contributed by atoms with van der Waals surface area (Å²) < 4.78 is 17.8. The Morgan fingerprint density at radius 2 is 2.00 bits per heavy atom. The highest BCUT2D eigenvalue weighted by Gasteiger charge is 2.10. The molecular weight excluding hydrogens is 301 g/mol. The van der Waals surface area contributed by atoms with E-state index in [-0.39, 0.29) is 23.4 Å². The van der Waals surface area contributed by atoms with Crippen LogP contribution in [0.15, 0.2) is 33.9 Å². The Hall–Kier alpha value is -2.42. The number of nitrogens with one attached hydrogen (secondary N) is 1. The molecule has 0 aliphatic rings. The Balaban J connectivity index is 1.86. The second-order valence-corrected chi connectivity index (χ2v) is 4.74. The number of carbonyl (C=O) groups is 2. The summed E-state index contributed by atoms with van der Waals surface area (Å²) in [5.41, 5.74) is 0.294. The molecule has 1 aromatic heterocycles. The van der Waals surface area contributed by atoms with Crippen LogP contribution in [0.1, 0.15) is 16.2 Å². The Labute approximate surface area is 122 Å². The molecule has 21 heavy (non-hydrogen) atoms. The van der Waals surface area contributed by atoms with Gasteiger partial charge < -0.3 is 19.6 Å². The Bertz CT molecular complexity index is 644. The summed E-state index contributed by atoms with van der Waals surface area (Å²) in [6.07, 6.45) is 0. The smallest absolute Gasteiger partial charge is 0.277 e. The maximum Gasteiger partial charge on any atom is 0.277 e. The van der Waals surface area contributed by atoms with Crippen LogP contribution in [0.5, 0.6) is 0 Å². The number of rotatable bonds is 6. The average molecular weight is 310 g/mol. The molecule has 0 saturated heterocycles. The van der Waals surface area contributed by atoms with E-state index in [0.29, 0.717) is 5.56 Å². The number of thioether (sulfide) groups is 1. The normalized spacial score (nSPS) is 10.3. The summed E-state index contributed by atoms with van der Waals surface area (Å²) >= 11 is 0.825. The van der Waals surface area contributed by atoms with Gasteiger partial charge in [-0.15, -0.1) is 10.2 Å². The molecule has 0 spiro atoms. The maximum atomic E-state index is 12.7. The largest absolute Gasteiger partial charge is 0.549 e. The third kappa shape index (κ3) is 4.56. The van der Waals surface area contributed by atoms with Crippen LogP contribution < -0.4 is 10.4 Å². The maximum absolute atomic E-state index is 12.7. The number of carboxylic acid groups (broad SMARTS) is 1. The minimum absolute atomic E-state index is 0.0188. The molecule has 0 saturated carbocycles. The van der Waals surface area contributed by atoms with Crippen molar-refractivity contribution in [3.05, 3.63) is 41.5 Å². The van der Waals surface area contributed by atoms with Crippen molar-refractivity contribution in [3.8, 4) is 0 Å². The first-order chi connectivity index (χ1) is 10.0. The monoisotopic (exact) mass is 310 g/mol. The van der Waals surface area contributed by atoms with E-state index in [0.717, 1.165) is 11.8 Å². The van der Waals surface area contributed by atoms with Gasteiger partial charge in [0.1, 0.15) is 5.82 Å². The number of aromatic nitrogens is 2. The molecule has 0 atom stereocenters. The molecule has 9 heteroatoms. The van der Waals surface area contributed by atoms with Gasteiger partial charge in [0.15, 0.2) is 0 Å². The molecule has 0 aliphatic heterocycles. The lowest BCUT2D eigenvalue weighted by Gasteiger charge is -2.02. The number of amides is 1. The van der Waals surface area contributed by atoms with Crippen LogP contribution in [-0.2, 0) is 11.3 Å². The van der Waals surface area contributed by atoms with E-state index >= 15 is 0 Å². The van der Waals surface area contributed by atoms with Crippen molar-refractivity contribution in [2.45, 2.75) is 11.8 Å². The van der Waals surface area contributed by atoms with Gasteiger partial charge in [-0.05, 0) is 24.3 Å². The van der Waals surface area contributed by atoms with Gasteiger partial charge in [-0.2, -0.15) is 0 Å². The van der Waals surface area contributed by atoms with Crippen LogP contribution in [0, 0.1) is 5.82 Å². The number of hydrogen-bond acceptors (Lipinski definition) is 7. The fourth-order valence-electron chi connectivity index (χ4n) is 1.35. The van der Waals surface area contributed by atoms with Crippen molar-refractivity contribution in [1.82, 2.24) is 15.5 Å². The van der Waals surface area contributed by atoms with E-state index in [9.17, 15) is 19.1 Å². The van der Waals surface area contributed by atoms with Crippen LogP contribution in [0.3, 0.4) is 0 Å². The van der Waals surface area contributed by atoms with Crippen LogP contribution in [-0.4, -0.2) is 27.8 Å². The average Bonchev–Trinajstić information content (AvgIpc) is 2.91. The van der Waals surface area contributed by atoms with Crippen molar-refractivity contribution in [1.29, 1.82) is 0 Å². The summed E-state index contributed by atoms with van der Waals surface area (Å²) in [5.74, 6) is -2.27. The zero-order chi connectivity index (χ0) is 15.2. The van der Waals surface area contributed by atoms with Crippen molar-refractivity contribution < 1.29 is 23.5 Å². The first kappa shape index (κ1) is 15.0. The highest BCUT2D eigenvalue weighted by Crippen LogP contribution is 2.15. The van der Waals surface area contributed by atoms with E-state index in [1.54, 1.807) is 0 Å². The minimum Gasteiger partial charge on any atom is -0.549 e. The predicted molar refractivity (Wildman–Crippen MR) is 67.6 cm³/mol. The number of nitrogens with zero attached hydrogens (tertiary/aromatic N) is 2. The highest BCUT2D eigenvalue weighted by molar-refractivity contribution is 7.99. The molecule has 7 nitrogen and oxygen atoms in total. The molecule has 1 aromatic carbocycles. The molecule has 0 radical (unpaired) electrons. The third-order valence-corrected chi connectivity index (χ3v) is 3.06. The summed E-state index contributed by atoms with van der Waals surface area (Å²) in [4.78, 5) is 22.0. The lowest BCUT2D eigenvalue weighted by molar-refractivity contribution is -0.301. The summed E-state index contributed by atoms with van der Waals surface area (Å²) in [6.45, 7) is -0.0188. The number of benzene rings is 1. The van der Waals surface area contributed by atoms with Gasteiger partial charge in [0.2, 0.25) is 5.89 Å². The zero-order valence-corrected chi connectivity index (χ0v) is 11.4. The van der Waals surface area contributed by atoms with Gasteiger partial charge in [0.25, 0.3) is 11.1 Å². The topological polar surface area (TPSA) is 108 Å². The van der Waals surface area contributed by atoms with E-state index < -0.39 is 17.7 Å². The number of halogens is 1. The predicted octanol–water partition coefficient (Wildman–Crippen LogP) is -0.0193. The zero-order valence-electron chi connectivity index (χ0n) is 10.5. The van der Waals surface area contributed by atoms with Crippen LogP contribution >= 0.6 is 11.8 Å². The molecule has 0 unspecified atom stereocenters. The quantitative estimate of drug-likeness (QED) is 0.747. The number of aliphatic carboxylic acids is 1. The van der Waals surface area contributed by atoms with Crippen LogP contribution in [0.4, 0.5) is 4.39 Å². The number of carboxylic acids is 1. The second-order valence-electron chi connectivity index (χ2n) is 3.81. The molecule has 110 valence electrons. The van der Waals surface area contributed by atoms with E-state index in [1.807, 2.05) is 0 Å². The first-order valence-corrected chi connectivity index (χ1v) is 6.72. The molecule has 1 amide bonds. The highest BCUT2D eigenvalue weighted by atomic mass is 32.2. The van der Waals surface area contributed by atoms with Gasteiger partial charge in [0, 0.05) is 11.3 Å². The lowest BCUT2D eigenvalue weighted by atomic mass is 10.2. The fourth-order valence-corrected chi connectivity index (χ4v) is 1.84. The molecule has 0 aliphatic carbocycles. The van der Waals surface area contributed by atoms with Crippen LogP contribution in [0.2, 0.25) is 0 Å². The Morgan fingerprint density at radius 1 is 1.29 bits per heavy atom. The SMILES string of the molecule is O=C([O-])CSc1nnc(CNC(=O)c2ccc(F)cc2)o1. The molecule has 2 rings (SSSR count). The van der Waals surface area contributed by atoms with Gasteiger partial charge in [0.05, 0.1) is 12.5 Å². The molecule has 0 bridgehead atoms. The van der Waals surface area contributed by atoms with Crippen molar-refractivity contribution >= 4 is 23.6 Å². The molecule has 1 N–H and O–H groups in total. The molecule has 1 heterocycles. The van der Waals surface area contributed by atoms with Crippen molar-refractivity contribution in [3.63, 3.8) is 0 Å². The van der Waals surface area contributed by atoms with E-state index in [2.05, 4.69) is 15.5 Å². The van der Waals surface area contributed by atoms with Crippen molar-refractivity contribution in [2.75, 3.05) is 5.75 Å². The molecular formula is C12H9FN3O4S-. The van der Waals surface area contributed by atoms with E-state index in [4.69, 9.17) is 4.42 Å². The van der Waals surface area contributed by atoms with Gasteiger partial charge in [-0.1, -0.05) is 11.8 Å². The van der Waals surface area contributed by atoms with E-state index in [1.165, 1.54) is 24.3 Å². The fraction of sp³-hybridized carbons (Fsp3) is 0.167. The van der Waals surface area contributed by atoms with Gasteiger partial charge in [-0.3, -0.25) is 4.79 Å². The minimum atomic E-state index is -1.25. The summed E-state index contributed by atoms with van der Waals surface area (Å²) in [7, 11) is 0. The summed E-state index contributed by atoms with van der Waals surface area (Å²) in [5, 5.41) is 20.1. The second kappa shape index (κ2) is 6.84. The number of carbonyl (C=O) groups excluding carboxylic acids is 2.